The summed E-state index contributed by atoms with van der Waals surface area (Å²) in [6.07, 6.45) is -1.55. The standard InChI is InChI=1S/C23H24Cl2F3N7O/c1-13(15-5-4-14(24)11-16(15)25)35-21-19(20(32-35)23(26,27)28)30-12-18(31-21)33-7-9-34(10-8-33)22(36)17-3-2-6-29-17/h4-5,11-13,17,29H,2-3,6-10H2,1H3. The van der Waals surface area contributed by atoms with Gasteiger partial charge in [0.05, 0.1) is 18.3 Å². The zero-order valence-electron chi connectivity index (χ0n) is 19.4. The molecule has 13 heteroatoms. The van der Waals surface area contributed by atoms with Crippen molar-refractivity contribution in [1.29, 1.82) is 0 Å². The zero-order chi connectivity index (χ0) is 25.6. The van der Waals surface area contributed by atoms with Crippen LogP contribution in [0.1, 0.15) is 37.1 Å². The molecule has 0 radical (unpaired) electrons. The van der Waals surface area contributed by atoms with Crippen molar-refractivity contribution in [3.05, 3.63) is 45.7 Å². The lowest BCUT2D eigenvalue weighted by atomic mass is 10.1. The number of carbonyl (C=O) groups is 1. The van der Waals surface area contributed by atoms with Gasteiger partial charge in [-0.15, -0.1) is 0 Å². The van der Waals surface area contributed by atoms with E-state index in [4.69, 9.17) is 23.2 Å². The van der Waals surface area contributed by atoms with E-state index in [1.165, 1.54) is 16.9 Å². The van der Waals surface area contributed by atoms with Gasteiger partial charge < -0.3 is 15.1 Å². The summed E-state index contributed by atoms with van der Waals surface area (Å²) in [6, 6.07) is 4.01. The Hall–Kier alpha value is -2.63. The number of rotatable bonds is 4. The lowest BCUT2D eigenvalue weighted by molar-refractivity contribution is -0.140. The van der Waals surface area contributed by atoms with Gasteiger partial charge in [-0.2, -0.15) is 18.3 Å². The highest BCUT2D eigenvalue weighted by Gasteiger charge is 2.39. The van der Waals surface area contributed by atoms with Gasteiger partial charge in [0.15, 0.2) is 11.3 Å². The lowest BCUT2D eigenvalue weighted by Gasteiger charge is -2.36. The topological polar surface area (TPSA) is 79.2 Å². The average Bonchev–Trinajstić information content (AvgIpc) is 3.51. The maximum absolute atomic E-state index is 13.8. The van der Waals surface area contributed by atoms with Gasteiger partial charge in [0.25, 0.3) is 0 Å². The molecule has 0 spiro atoms. The third kappa shape index (κ3) is 4.71. The van der Waals surface area contributed by atoms with E-state index in [-0.39, 0.29) is 23.1 Å². The number of anilines is 1. The fourth-order valence-electron chi connectivity index (χ4n) is 4.76. The van der Waals surface area contributed by atoms with E-state index in [0.717, 1.165) is 19.4 Å². The molecule has 2 fully saturated rings. The number of nitrogens with one attached hydrogen (secondary N) is 1. The molecular weight excluding hydrogens is 518 g/mol. The van der Waals surface area contributed by atoms with Crippen molar-refractivity contribution in [1.82, 2.24) is 30.0 Å². The second kappa shape index (κ2) is 9.68. The van der Waals surface area contributed by atoms with Crippen molar-refractivity contribution < 1.29 is 18.0 Å². The van der Waals surface area contributed by atoms with Crippen molar-refractivity contribution in [2.45, 2.75) is 38.0 Å². The van der Waals surface area contributed by atoms with Crippen LogP contribution < -0.4 is 10.2 Å². The van der Waals surface area contributed by atoms with E-state index in [2.05, 4.69) is 20.4 Å². The minimum Gasteiger partial charge on any atom is -0.352 e. The third-order valence-corrected chi connectivity index (χ3v) is 7.27. The average molecular weight is 542 g/mol. The molecule has 4 heterocycles. The normalized spacial score (nSPS) is 19.8. The van der Waals surface area contributed by atoms with E-state index in [1.807, 2.05) is 9.80 Å². The Morgan fingerprint density at radius 3 is 2.58 bits per heavy atom. The SMILES string of the molecule is CC(c1ccc(Cl)cc1Cl)n1nc(C(F)(F)F)c2ncc(N3CCN(C(=O)C4CCCN4)CC3)nc21. The summed E-state index contributed by atoms with van der Waals surface area (Å²) >= 11 is 12.3. The van der Waals surface area contributed by atoms with Gasteiger partial charge in [0.1, 0.15) is 11.3 Å². The van der Waals surface area contributed by atoms with Gasteiger partial charge in [-0.25, -0.2) is 14.6 Å². The van der Waals surface area contributed by atoms with Gasteiger partial charge in [-0.3, -0.25) is 4.79 Å². The molecular formula is C23H24Cl2F3N7O. The van der Waals surface area contributed by atoms with Crippen molar-refractivity contribution in [2.24, 2.45) is 0 Å². The van der Waals surface area contributed by atoms with Gasteiger partial charge in [0.2, 0.25) is 5.91 Å². The number of halogens is 5. The number of aromatic nitrogens is 4. The zero-order valence-corrected chi connectivity index (χ0v) is 20.9. The van der Waals surface area contributed by atoms with Gasteiger partial charge in [-0.05, 0) is 44.0 Å². The summed E-state index contributed by atoms with van der Waals surface area (Å²) in [5.74, 6) is 0.521. The highest BCUT2D eigenvalue weighted by Crippen LogP contribution is 2.36. The number of piperazine rings is 1. The Balaban J connectivity index is 1.45. The highest BCUT2D eigenvalue weighted by molar-refractivity contribution is 6.35. The van der Waals surface area contributed by atoms with Crippen molar-refractivity contribution in [2.75, 3.05) is 37.6 Å². The Morgan fingerprint density at radius 2 is 1.94 bits per heavy atom. The molecule has 1 aromatic carbocycles. The van der Waals surface area contributed by atoms with Gasteiger partial charge in [-0.1, -0.05) is 29.3 Å². The van der Waals surface area contributed by atoms with Crippen LogP contribution in [-0.2, 0) is 11.0 Å². The Kier molecular flexibility index (Phi) is 6.73. The second-order valence-corrected chi connectivity index (χ2v) is 9.84. The summed E-state index contributed by atoms with van der Waals surface area (Å²) in [5.41, 5.74) is -0.872. The van der Waals surface area contributed by atoms with Crippen molar-refractivity contribution >= 4 is 46.1 Å². The van der Waals surface area contributed by atoms with Gasteiger partial charge in [0, 0.05) is 36.2 Å². The molecule has 0 bridgehead atoms. The third-order valence-electron chi connectivity index (χ3n) is 6.71. The number of alkyl halides is 3. The maximum Gasteiger partial charge on any atom is 0.437 e. The number of carbonyl (C=O) groups excluding carboxylic acids is 1. The summed E-state index contributed by atoms with van der Waals surface area (Å²) in [7, 11) is 0. The summed E-state index contributed by atoms with van der Waals surface area (Å²) in [6.45, 7) is 4.53. The monoisotopic (exact) mass is 541 g/mol. The molecule has 2 aliphatic heterocycles. The molecule has 2 aromatic heterocycles. The number of hydrogen-bond donors (Lipinski definition) is 1. The van der Waals surface area contributed by atoms with Crippen LogP contribution in [0.2, 0.25) is 10.0 Å². The van der Waals surface area contributed by atoms with Crippen LogP contribution >= 0.6 is 23.2 Å². The molecule has 2 atom stereocenters. The molecule has 5 rings (SSSR count). The fraction of sp³-hybridized carbons (Fsp3) is 0.478. The molecule has 1 N–H and O–H groups in total. The summed E-state index contributed by atoms with van der Waals surface area (Å²) in [4.78, 5) is 25.1. The molecule has 2 saturated heterocycles. The molecule has 1 amide bonds. The van der Waals surface area contributed by atoms with Crippen LogP contribution in [0.5, 0.6) is 0 Å². The lowest BCUT2D eigenvalue weighted by Crippen LogP contribution is -2.53. The molecule has 8 nitrogen and oxygen atoms in total. The quantitative estimate of drug-likeness (QED) is 0.534. The molecule has 3 aromatic rings. The van der Waals surface area contributed by atoms with E-state index >= 15 is 0 Å². The summed E-state index contributed by atoms with van der Waals surface area (Å²) < 4.78 is 42.6. The predicted molar refractivity (Wildman–Crippen MR) is 130 cm³/mol. The largest absolute Gasteiger partial charge is 0.437 e. The Labute approximate surface area is 215 Å². The molecule has 2 aliphatic rings. The highest BCUT2D eigenvalue weighted by atomic mass is 35.5. The van der Waals surface area contributed by atoms with Gasteiger partial charge >= 0.3 is 6.18 Å². The first-order chi connectivity index (χ1) is 17.1. The van der Waals surface area contributed by atoms with Crippen LogP contribution in [0.15, 0.2) is 24.4 Å². The van der Waals surface area contributed by atoms with Crippen LogP contribution in [0, 0.1) is 0 Å². The minimum atomic E-state index is -4.70. The summed E-state index contributed by atoms with van der Waals surface area (Å²) in [5, 5.41) is 7.82. The van der Waals surface area contributed by atoms with E-state index in [0.29, 0.717) is 47.6 Å². The van der Waals surface area contributed by atoms with Crippen LogP contribution in [0.4, 0.5) is 19.0 Å². The number of hydrogen-bond acceptors (Lipinski definition) is 6. The Bertz CT molecular complexity index is 1280. The number of benzene rings is 1. The first-order valence-electron chi connectivity index (χ1n) is 11.7. The van der Waals surface area contributed by atoms with Crippen molar-refractivity contribution in [3.63, 3.8) is 0 Å². The first-order valence-corrected chi connectivity index (χ1v) is 12.4. The fourth-order valence-corrected chi connectivity index (χ4v) is 5.32. The predicted octanol–water partition coefficient (Wildman–Crippen LogP) is 4.16. The maximum atomic E-state index is 13.8. The molecule has 0 aliphatic carbocycles. The van der Waals surface area contributed by atoms with E-state index < -0.39 is 17.9 Å². The molecule has 36 heavy (non-hydrogen) atoms. The smallest absolute Gasteiger partial charge is 0.352 e. The van der Waals surface area contributed by atoms with E-state index in [1.54, 1.807) is 19.1 Å². The number of amides is 1. The first kappa shape index (κ1) is 25.0. The van der Waals surface area contributed by atoms with E-state index in [9.17, 15) is 18.0 Å². The molecule has 0 saturated carbocycles. The van der Waals surface area contributed by atoms with Crippen LogP contribution in [-0.4, -0.2) is 69.3 Å². The number of nitrogens with zero attached hydrogens (tertiary/aromatic N) is 6. The molecule has 2 unspecified atom stereocenters. The molecule has 192 valence electrons. The number of fused-ring (bicyclic) bond motifs is 1. The Morgan fingerprint density at radius 1 is 1.19 bits per heavy atom. The van der Waals surface area contributed by atoms with Crippen molar-refractivity contribution in [3.8, 4) is 0 Å². The minimum absolute atomic E-state index is 0.00648. The van der Waals surface area contributed by atoms with Crippen LogP contribution in [0.3, 0.4) is 0 Å². The second-order valence-electron chi connectivity index (χ2n) is 8.99. The van der Waals surface area contributed by atoms with Crippen LogP contribution in [0.25, 0.3) is 11.2 Å².